The summed E-state index contributed by atoms with van der Waals surface area (Å²) in [4.78, 5) is 11.9. The fraction of sp³-hybridized carbons (Fsp3) is 0.533. The topological polar surface area (TPSA) is 44.8 Å². The molecule has 0 unspecified atom stereocenters. The standard InChI is InChI=1S/C15H20O4/c1-17-12-7-13(18-2)9-14(8-12)19-10-15(16)11-5-3-4-6-11/h7-9,11H,3-6,10H2,1-2H3. The highest BCUT2D eigenvalue weighted by Gasteiger charge is 2.22. The van der Waals surface area contributed by atoms with Crippen LogP contribution in [0, 0.1) is 5.92 Å². The monoisotopic (exact) mass is 264 g/mol. The lowest BCUT2D eigenvalue weighted by Gasteiger charge is -2.12. The van der Waals surface area contributed by atoms with Gasteiger partial charge in [-0.1, -0.05) is 12.8 Å². The number of carbonyl (C=O) groups is 1. The fourth-order valence-electron chi connectivity index (χ4n) is 2.38. The van der Waals surface area contributed by atoms with Crippen molar-refractivity contribution in [3.63, 3.8) is 0 Å². The highest BCUT2D eigenvalue weighted by atomic mass is 16.5. The lowest BCUT2D eigenvalue weighted by Crippen LogP contribution is -2.19. The van der Waals surface area contributed by atoms with E-state index in [1.165, 1.54) is 0 Å². The number of carbonyl (C=O) groups excluding carboxylic acids is 1. The Morgan fingerprint density at radius 1 is 1.05 bits per heavy atom. The van der Waals surface area contributed by atoms with Crippen molar-refractivity contribution in [2.45, 2.75) is 25.7 Å². The summed E-state index contributed by atoms with van der Waals surface area (Å²) >= 11 is 0. The van der Waals surface area contributed by atoms with E-state index in [1.54, 1.807) is 32.4 Å². The van der Waals surface area contributed by atoms with Crippen LogP contribution in [-0.4, -0.2) is 26.6 Å². The minimum absolute atomic E-state index is 0.126. The Bertz CT molecular complexity index is 414. The average molecular weight is 264 g/mol. The summed E-state index contributed by atoms with van der Waals surface area (Å²) in [5.74, 6) is 2.29. The van der Waals surface area contributed by atoms with Crippen LogP contribution in [0.25, 0.3) is 0 Å². The van der Waals surface area contributed by atoms with E-state index in [9.17, 15) is 4.79 Å². The molecule has 0 spiro atoms. The second-order valence-corrected chi connectivity index (χ2v) is 4.78. The molecule has 1 aliphatic rings. The summed E-state index contributed by atoms with van der Waals surface area (Å²) < 4.78 is 15.9. The van der Waals surface area contributed by atoms with Crippen LogP contribution in [-0.2, 0) is 4.79 Å². The van der Waals surface area contributed by atoms with Gasteiger partial charge in [0, 0.05) is 24.1 Å². The lowest BCUT2D eigenvalue weighted by molar-refractivity contribution is -0.124. The van der Waals surface area contributed by atoms with Gasteiger partial charge in [-0.3, -0.25) is 4.79 Å². The smallest absolute Gasteiger partial charge is 0.173 e. The SMILES string of the molecule is COc1cc(OC)cc(OCC(=O)C2CCCC2)c1. The maximum absolute atomic E-state index is 11.9. The maximum atomic E-state index is 11.9. The van der Waals surface area contributed by atoms with E-state index in [2.05, 4.69) is 0 Å². The van der Waals surface area contributed by atoms with Crippen molar-refractivity contribution < 1.29 is 19.0 Å². The normalized spacial score (nSPS) is 15.3. The highest BCUT2D eigenvalue weighted by molar-refractivity contribution is 5.82. The molecule has 1 saturated carbocycles. The van der Waals surface area contributed by atoms with Crippen LogP contribution in [0.15, 0.2) is 18.2 Å². The van der Waals surface area contributed by atoms with Crippen molar-refractivity contribution in [1.29, 1.82) is 0 Å². The van der Waals surface area contributed by atoms with E-state index in [4.69, 9.17) is 14.2 Å². The molecule has 0 aliphatic heterocycles. The van der Waals surface area contributed by atoms with Crippen molar-refractivity contribution >= 4 is 5.78 Å². The molecule has 4 nitrogen and oxygen atoms in total. The molecule has 0 N–H and O–H groups in total. The Labute approximate surface area is 113 Å². The fourth-order valence-corrected chi connectivity index (χ4v) is 2.38. The summed E-state index contributed by atoms with van der Waals surface area (Å²) in [7, 11) is 3.17. The molecule has 1 fully saturated rings. The molecule has 1 aliphatic carbocycles. The van der Waals surface area contributed by atoms with Crippen LogP contribution in [0.1, 0.15) is 25.7 Å². The zero-order valence-corrected chi connectivity index (χ0v) is 11.5. The highest BCUT2D eigenvalue weighted by Crippen LogP contribution is 2.29. The number of hydrogen-bond acceptors (Lipinski definition) is 4. The molecule has 0 amide bonds. The van der Waals surface area contributed by atoms with Crippen LogP contribution in [0.5, 0.6) is 17.2 Å². The third kappa shape index (κ3) is 3.63. The Morgan fingerprint density at radius 3 is 2.11 bits per heavy atom. The van der Waals surface area contributed by atoms with Gasteiger partial charge in [0.05, 0.1) is 14.2 Å². The molecule has 19 heavy (non-hydrogen) atoms. The van der Waals surface area contributed by atoms with E-state index in [1.807, 2.05) is 0 Å². The van der Waals surface area contributed by atoms with E-state index in [-0.39, 0.29) is 18.3 Å². The Morgan fingerprint density at radius 2 is 1.58 bits per heavy atom. The number of benzene rings is 1. The van der Waals surface area contributed by atoms with Crippen LogP contribution >= 0.6 is 0 Å². The van der Waals surface area contributed by atoms with Gasteiger partial charge < -0.3 is 14.2 Å². The van der Waals surface area contributed by atoms with Crippen LogP contribution in [0.3, 0.4) is 0 Å². The molecule has 0 atom stereocenters. The molecule has 0 aromatic heterocycles. The molecule has 104 valence electrons. The molecular weight excluding hydrogens is 244 g/mol. The van der Waals surface area contributed by atoms with E-state index in [0.29, 0.717) is 17.2 Å². The van der Waals surface area contributed by atoms with Gasteiger partial charge in [-0.2, -0.15) is 0 Å². The van der Waals surface area contributed by atoms with Gasteiger partial charge in [0.25, 0.3) is 0 Å². The molecule has 4 heteroatoms. The summed E-state index contributed by atoms with van der Waals surface area (Å²) in [6.45, 7) is 0.126. The second-order valence-electron chi connectivity index (χ2n) is 4.78. The van der Waals surface area contributed by atoms with Gasteiger partial charge in [0.15, 0.2) is 5.78 Å². The van der Waals surface area contributed by atoms with Gasteiger partial charge in [-0.05, 0) is 12.8 Å². The lowest BCUT2D eigenvalue weighted by atomic mass is 10.0. The number of methoxy groups -OCH3 is 2. The number of hydrogen-bond donors (Lipinski definition) is 0. The summed E-state index contributed by atoms with van der Waals surface area (Å²) in [6.07, 6.45) is 4.32. The molecule has 0 saturated heterocycles. The number of Topliss-reactive ketones (excluding diaryl/α,β-unsaturated/α-hetero) is 1. The van der Waals surface area contributed by atoms with Crippen LogP contribution in [0.4, 0.5) is 0 Å². The minimum Gasteiger partial charge on any atom is -0.496 e. The van der Waals surface area contributed by atoms with Crippen LogP contribution < -0.4 is 14.2 Å². The third-order valence-corrected chi connectivity index (χ3v) is 3.52. The van der Waals surface area contributed by atoms with Gasteiger partial charge in [0.1, 0.15) is 23.9 Å². The van der Waals surface area contributed by atoms with Gasteiger partial charge >= 0.3 is 0 Å². The summed E-state index contributed by atoms with van der Waals surface area (Å²) in [6, 6.07) is 5.28. The average Bonchev–Trinajstić information content (AvgIpc) is 2.98. The van der Waals surface area contributed by atoms with Crippen molar-refractivity contribution in [2.75, 3.05) is 20.8 Å². The molecule has 1 aromatic rings. The van der Waals surface area contributed by atoms with Gasteiger partial charge in [-0.25, -0.2) is 0 Å². The van der Waals surface area contributed by atoms with Crippen molar-refractivity contribution in [3.05, 3.63) is 18.2 Å². The van der Waals surface area contributed by atoms with Crippen LogP contribution in [0.2, 0.25) is 0 Å². The maximum Gasteiger partial charge on any atom is 0.173 e. The molecule has 0 heterocycles. The predicted molar refractivity (Wildman–Crippen MR) is 72.0 cm³/mol. The molecule has 0 radical (unpaired) electrons. The largest absolute Gasteiger partial charge is 0.496 e. The zero-order valence-electron chi connectivity index (χ0n) is 11.5. The molecule has 1 aromatic carbocycles. The first-order valence-corrected chi connectivity index (χ1v) is 6.61. The Hall–Kier alpha value is -1.71. The third-order valence-electron chi connectivity index (χ3n) is 3.52. The van der Waals surface area contributed by atoms with Gasteiger partial charge in [-0.15, -0.1) is 0 Å². The van der Waals surface area contributed by atoms with Gasteiger partial charge in [0.2, 0.25) is 0 Å². The first-order valence-electron chi connectivity index (χ1n) is 6.61. The number of rotatable bonds is 6. The van der Waals surface area contributed by atoms with E-state index >= 15 is 0 Å². The van der Waals surface area contributed by atoms with Crippen molar-refractivity contribution in [2.24, 2.45) is 5.92 Å². The molecular formula is C15H20O4. The summed E-state index contributed by atoms with van der Waals surface area (Å²) in [5.41, 5.74) is 0. The minimum atomic E-state index is 0.126. The quantitative estimate of drug-likeness (QED) is 0.792. The van der Waals surface area contributed by atoms with E-state index < -0.39 is 0 Å². The van der Waals surface area contributed by atoms with Crippen molar-refractivity contribution in [3.8, 4) is 17.2 Å². The molecule has 2 rings (SSSR count). The Balaban J connectivity index is 1.96. The molecule has 0 bridgehead atoms. The van der Waals surface area contributed by atoms with E-state index in [0.717, 1.165) is 25.7 Å². The summed E-state index contributed by atoms with van der Waals surface area (Å²) in [5, 5.41) is 0. The predicted octanol–water partition coefficient (Wildman–Crippen LogP) is 2.84. The number of ether oxygens (including phenoxy) is 3. The first kappa shape index (κ1) is 13.7. The first-order chi connectivity index (χ1) is 9.22. The Kier molecular flexibility index (Phi) is 4.66. The zero-order chi connectivity index (χ0) is 13.7. The van der Waals surface area contributed by atoms with Crippen molar-refractivity contribution in [1.82, 2.24) is 0 Å². The second kappa shape index (κ2) is 6.45. The number of ketones is 1.